The molecule has 1 heterocycles. The Labute approximate surface area is 161 Å². The smallest absolute Gasteiger partial charge is 0.312 e. The van der Waals surface area contributed by atoms with Gasteiger partial charge in [0.15, 0.2) is 0 Å². The number of hydrogen-bond acceptors (Lipinski definition) is 4. The number of carbonyl (C=O) groups excluding carboxylic acids is 3. The van der Waals surface area contributed by atoms with Crippen LogP contribution in [0.1, 0.15) is 5.56 Å². The van der Waals surface area contributed by atoms with Crippen LogP contribution in [0.3, 0.4) is 0 Å². The predicted molar refractivity (Wildman–Crippen MR) is 100 cm³/mol. The fourth-order valence-electron chi connectivity index (χ4n) is 2.94. The van der Waals surface area contributed by atoms with Crippen LogP contribution in [-0.4, -0.2) is 54.3 Å². The molecule has 1 saturated heterocycles. The minimum Gasteiger partial charge on any atom is -0.495 e. The monoisotopic (exact) mass is 385 g/mol. The molecule has 2 aromatic carbocycles. The third kappa shape index (κ3) is 4.46. The highest BCUT2D eigenvalue weighted by molar-refractivity contribution is 6.35. The lowest BCUT2D eigenvalue weighted by molar-refractivity contribution is -0.157. The summed E-state index contributed by atoms with van der Waals surface area (Å²) in [6.45, 7) is 0.522. The SMILES string of the molecule is COc1ccccc1NC(=O)CN1CCN(Cc2ccc(F)cc2)C(=O)C1=O. The van der Waals surface area contributed by atoms with Gasteiger partial charge in [-0.15, -0.1) is 0 Å². The number of halogens is 1. The lowest BCUT2D eigenvalue weighted by atomic mass is 10.2. The van der Waals surface area contributed by atoms with E-state index in [0.29, 0.717) is 18.0 Å². The van der Waals surface area contributed by atoms with E-state index < -0.39 is 17.7 Å². The van der Waals surface area contributed by atoms with Crippen LogP contribution < -0.4 is 10.1 Å². The van der Waals surface area contributed by atoms with Gasteiger partial charge in [-0.25, -0.2) is 4.39 Å². The number of hydrogen-bond donors (Lipinski definition) is 1. The Morgan fingerprint density at radius 2 is 1.68 bits per heavy atom. The topological polar surface area (TPSA) is 79.0 Å². The van der Waals surface area contributed by atoms with E-state index in [2.05, 4.69) is 5.32 Å². The van der Waals surface area contributed by atoms with E-state index in [1.165, 1.54) is 29.0 Å². The Morgan fingerprint density at radius 3 is 2.39 bits per heavy atom. The number of nitrogens with zero attached hydrogens (tertiary/aromatic N) is 2. The first-order valence-electron chi connectivity index (χ1n) is 8.73. The van der Waals surface area contributed by atoms with Gasteiger partial charge in [0.1, 0.15) is 18.1 Å². The molecule has 0 bridgehead atoms. The molecule has 1 fully saturated rings. The highest BCUT2D eigenvalue weighted by Gasteiger charge is 2.33. The van der Waals surface area contributed by atoms with Crippen LogP contribution in [0.15, 0.2) is 48.5 Å². The maximum Gasteiger partial charge on any atom is 0.312 e. The Hall–Kier alpha value is -3.42. The van der Waals surface area contributed by atoms with Crippen molar-refractivity contribution in [3.8, 4) is 5.75 Å². The molecule has 0 radical (unpaired) electrons. The summed E-state index contributed by atoms with van der Waals surface area (Å²) in [7, 11) is 1.49. The van der Waals surface area contributed by atoms with Crippen LogP contribution >= 0.6 is 0 Å². The van der Waals surface area contributed by atoms with Gasteiger partial charge in [-0.2, -0.15) is 0 Å². The van der Waals surface area contributed by atoms with Gasteiger partial charge in [0.2, 0.25) is 5.91 Å². The van der Waals surface area contributed by atoms with Crippen molar-refractivity contribution >= 4 is 23.4 Å². The zero-order valence-corrected chi connectivity index (χ0v) is 15.4. The molecule has 3 amide bonds. The minimum absolute atomic E-state index is 0.214. The van der Waals surface area contributed by atoms with Gasteiger partial charge in [0.05, 0.1) is 12.8 Å². The molecule has 0 saturated carbocycles. The van der Waals surface area contributed by atoms with Gasteiger partial charge in [-0.1, -0.05) is 24.3 Å². The first-order valence-corrected chi connectivity index (χ1v) is 8.73. The highest BCUT2D eigenvalue weighted by Crippen LogP contribution is 2.23. The van der Waals surface area contributed by atoms with Crippen molar-refractivity contribution in [3.05, 3.63) is 59.9 Å². The van der Waals surface area contributed by atoms with Crippen molar-refractivity contribution in [2.75, 3.05) is 32.1 Å². The molecule has 0 unspecified atom stereocenters. The summed E-state index contributed by atoms with van der Waals surface area (Å²) in [6.07, 6.45) is 0. The maximum atomic E-state index is 13.0. The number of ether oxygens (including phenoxy) is 1. The molecular weight excluding hydrogens is 365 g/mol. The van der Waals surface area contributed by atoms with Crippen LogP contribution in [0.2, 0.25) is 0 Å². The highest BCUT2D eigenvalue weighted by atomic mass is 19.1. The van der Waals surface area contributed by atoms with E-state index in [1.54, 1.807) is 36.4 Å². The molecule has 2 aromatic rings. The molecule has 28 heavy (non-hydrogen) atoms. The average molecular weight is 385 g/mol. The standard InChI is InChI=1S/C20H20FN3O4/c1-28-17-5-3-2-4-16(17)22-18(25)13-24-11-10-23(19(26)20(24)27)12-14-6-8-15(21)9-7-14/h2-9H,10-13H2,1H3,(H,22,25). The molecule has 3 rings (SSSR count). The van der Waals surface area contributed by atoms with E-state index in [4.69, 9.17) is 4.74 Å². The van der Waals surface area contributed by atoms with Crippen LogP contribution in [-0.2, 0) is 20.9 Å². The first-order chi connectivity index (χ1) is 13.5. The molecule has 1 aliphatic heterocycles. The number of methoxy groups -OCH3 is 1. The molecule has 0 aromatic heterocycles. The summed E-state index contributed by atoms with van der Waals surface area (Å²) in [6, 6.07) is 12.7. The number of piperazine rings is 1. The Morgan fingerprint density at radius 1 is 1.04 bits per heavy atom. The lowest BCUT2D eigenvalue weighted by Crippen LogP contribution is -2.55. The minimum atomic E-state index is -0.733. The summed E-state index contributed by atoms with van der Waals surface area (Å²) in [5, 5.41) is 2.68. The molecule has 1 N–H and O–H groups in total. The van der Waals surface area contributed by atoms with E-state index in [-0.39, 0.29) is 25.5 Å². The van der Waals surface area contributed by atoms with E-state index in [1.807, 2.05) is 0 Å². The van der Waals surface area contributed by atoms with Gasteiger partial charge in [0.25, 0.3) is 0 Å². The van der Waals surface area contributed by atoms with E-state index >= 15 is 0 Å². The number of anilines is 1. The third-order valence-corrected chi connectivity index (χ3v) is 4.40. The van der Waals surface area contributed by atoms with Gasteiger partial charge in [-0.3, -0.25) is 14.4 Å². The predicted octanol–water partition coefficient (Wildman–Crippen LogP) is 1.64. The van der Waals surface area contributed by atoms with Crippen molar-refractivity contribution < 1.29 is 23.5 Å². The second-order valence-electron chi connectivity index (χ2n) is 6.33. The summed E-state index contributed by atoms with van der Waals surface area (Å²) in [4.78, 5) is 39.6. The molecular formula is C20H20FN3O4. The van der Waals surface area contributed by atoms with Crippen LogP contribution in [0.25, 0.3) is 0 Å². The van der Waals surface area contributed by atoms with Gasteiger partial charge < -0.3 is 19.9 Å². The molecule has 0 aliphatic carbocycles. The molecule has 8 heteroatoms. The Balaban J connectivity index is 1.58. The van der Waals surface area contributed by atoms with Crippen molar-refractivity contribution in [3.63, 3.8) is 0 Å². The second-order valence-corrected chi connectivity index (χ2v) is 6.33. The van der Waals surface area contributed by atoms with E-state index in [9.17, 15) is 18.8 Å². The van der Waals surface area contributed by atoms with Gasteiger partial charge >= 0.3 is 11.8 Å². The third-order valence-electron chi connectivity index (χ3n) is 4.40. The summed E-state index contributed by atoms with van der Waals surface area (Å²) >= 11 is 0. The quantitative estimate of drug-likeness (QED) is 0.767. The number of amides is 3. The van der Waals surface area contributed by atoms with Crippen LogP contribution in [0.5, 0.6) is 5.75 Å². The average Bonchev–Trinajstić information content (AvgIpc) is 2.69. The largest absolute Gasteiger partial charge is 0.495 e. The first kappa shape index (κ1) is 19.3. The fraction of sp³-hybridized carbons (Fsp3) is 0.250. The zero-order chi connectivity index (χ0) is 20.1. The normalized spacial score (nSPS) is 14.2. The van der Waals surface area contributed by atoms with Crippen molar-refractivity contribution in [2.45, 2.75) is 6.54 Å². The second kappa shape index (κ2) is 8.51. The van der Waals surface area contributed by atoms with Crippen molar-refractivity contribution in [1.29, 1.82) is 0 Å². The van der Waals surface area contributed by atoms with E-state index in [0.717, 1.165) is 5.56 Å². The molecule has 1 aliphatic rings. The Bertz CT molecular complexity index is 885. The molecule has 0 atom stereocenters. The van der Waals surface area contributed by atoms with Crippen LogP contribution in [0.4, 0.5) is 10.1 Å². The number of para-hydroxylation sites is 2. The summed E-state index contributed by atoms with van der Waals surface area (Å²) in [5.41, 5.74) is 1.22. The van der Waals surface area contributed by atoms with Crippen molar-refractivity contribution in [1.82, 2.24) is 9.80 Å². The van der Waals surface area contributed by atoms with Crippen LogP contribution in [0, 0.1) is 5.82 Å². The van der Waals surface area contributed by atoms with Gasteiger partial charge in [-0.05, 0) is 29.8 Å². The van der Waals surface area contributed by atoms with Crippen molar-refractivity contribution in [2.24, 2.45) is 0 Å². The van der Waals surface area contributed by atoms with Gasteiger partial charge in [0, 0.05) is 19.6 Å². The summed E-state index contributed by atoms with van der Waals surface area (Å²) < 4.78 is 18.2. The zero-order valence-electron chi connectivity index (χ0n) is 15.4. The number of benzene rings is 2. The Kier molecular flexibility index (Phi) is 5.88. The molecule has 0 spiro atoms. The summed E-state index contributed by atoms with van der Waals surface area (Å²) in [5.74, 6) is -1.69. The number of carbonyl (C=O) groups is 3. The fourth-order valence-corrected chi connectivity index (χ4v) is 2.94. The molecule has 146 valence electrons. The number of rotatable bonds is 6. The lowest BCUT2D eigenvalue weighted by Gasteiger charge is -2.33. The number of nitrogens with one attached hydrogen (secondary N) is 1. The molecule has 7 nitrogen and oxygen atoms in total. The maximum absolute atomic E-state index is 13.0.